The average Bonchev–Trinajstić information content (AvgIpc) is 2.61. The zero-order valence-corrected chi connectivity index (χ0v) is 11.7. The first-order chi connectivity index (χ1) is 8.76. The molecule has 6 heteroatoms. The number of amides is 1. The van der Waals surface area contributed by atoms with Crippen molar-refractivity contribution in [3.8, 4) is 0 Å². The summed E-state index contributed by atoms with van der Waals surface area (Å²) >= 11 is 0. The van der Waals surface area contributed by atoms with Gasteiger partial charge in [0.25, 0.3) is 0 Å². The van der Waals surface area contributed by atoms with Gasteiger partial charge in [-0.2, -0.15) is 5.10 Å². The maximum absolute atomic E-state index is 11.8. The van der Waals surface area contributed by atoms with E-state index < -0.39 is 5.60 Å². The lowest BCUT2D eigenvalue weighted by Crippen LogP contribution is -2.52. The van der Waals surface area contributed by atoms with Crippen LogP contribution in [0, 0.1) is 0 Å². The van der Waals surface area contributed by atoms with Crippen molar-refractivity contribution >= 4 is 11.9 Å². The van der Waals surface area contributed by atoms with Crippen LogP contribution in [0.3, 0.4) is 0 Å². The molecule has 0 aliphatic carbocycles. The molecule has 1 aromatic rings. The summed E-state index contributed by atoms with van der Waals surface area (Å²) in [5.74, 6) is -0.00503. The molecule has 0 saturated carbocycles. The lowest BCUT2D eigenvalue weighted by atomic mass is 10.1. The Labute approximate surface area is 112 Å². The van der Waals surface area contributed by atoms with Gasteiger partial charge < -0.3 is 9.64 Å². The zero-order chi connectivity index (χ0) is 14.2. The molecule has 6 nitrogen and oxygen atoms in total. The number of nitrogens with zero attached hydrogens (tertiary/aromatic N) is 3. The largest absolute Gasteiger partial charge is 0.444 e. The second-order valence-electron chi connectivity index (χ2n) is 5.80. The number of rotatable bonds is 2. The van der Waals surface area contributed by atoms with Gasteiger partial charge in [0, 0.05) is 19.3 Å². The normalized spacial score (nSPS) is 16.1. The first kappa shape index (κ1) is 13.6. The van der Waals surface area contributed by atoms with Crippen molar-refractivity contribution in [3.05, 3.63) is 18.0 Å². The summed E-state index contributed by atoms with van der Waals surface area (Å²) in [5.41, 5.74) is 0.117. The third-order valence-electron chi connectivity index (χ3n) is 2.90. The highest BCUT2D eigenvalue weighted by Gasteiger charge is 2.35. The fourth-order valence-corrected chi connectivity index (χ4v) is 1.82. The van der Waals surface area contributed by atoms with Crippen molar-refractivity contribution in [3.63, 3.8) is 0 Å². The molecule has 0 unspecified atom stereocenters. The van der Waals surface area contributed by atoms with E-state index in [1.165, 1.54) is 6.92 Å². The van der Waals surface area contributed by atoms with Gasteiger partial charge in [0.2, 0.25) is 0 Å². The number of hydrogen-bond donors (Lipinski definition) is 0. The summed E-state index contributed by atoms with van der Waals surface area (Å²) in [6.07, 6.45) is 2.97. The predicted molar refractivity (Wildman–Crippen MR) is 69.1 cm³/mol. The van der Waals surface area contributed by atoms with Crippen LogP contribution in [0.1, 0.15) is 44.1 Å². The number of ketones is 1. The summed E-state index contributed by atoms with van der Waals surface area (Å²) in [6, 6.07) is 0.126. The second kappa shape index (κ2) is 4.68. The van der Waals surface area contributed by atoms with Gasteiger partial charge >= 0.3 is 6.09 Å². The topological polar surface area (TPSA) is 64.4 Å². The predicted octanol–water partition coefficient (Wildman–Crippen LogP) is 1.88. The minimum absolute atomic E-state index is 0.00503. The van der Waals surface area contributed by atoms with Gasteiger partial charge in [-0.25, -0.2) is 4.79 Å². The van der Waals surface area contributed by atoms with Crippen molar-refractivity contribution in [2.24, 2.45) is 0 Å². The number of ether oxygens (including phenoxy) is 1. The first-order valence-electron chi connectivity index (χ1n) is 6.29. The molecule has 0 N–H and O–H groups in total. The maximum atomic E-state index is 11.8. The highest BCUT2D eigenvalue weighted by Crippen LogP contribution is 2.23. The van der Waals surface area contributed by atoms with Crippen LogP contribution in [0.15, 0.2) is 12.4 Å². The van der Waals surface area contributed by atoms with Crippen LogP contribution in [0.4, 0.5) is 4.79 Å². The number of carbonyl (C=O) groups is 2. The van der Waals surface area contributed by atoms with Crippen LogP contribution < -0.4 is 0 Å². The molecule has 1 saturated heterocycles. The van der Waals surface area contributed by atoms with Gasteiger partial charge in [-0.1, -0.05) is 0 Å². The van der Waals surface area contributed by atoms with Crippen LogP contribution in [0.2, 0.25) is 0 Å². The van der Waals surface area contributed by atoms with Crippen molar-refractivity contribution in [2.75, 3.05) is 13.1 Å². The van der Waals surface area contributed by atoms with E-state index in [9.17, 15) is 9.59 Å². The van der Waals surface area contributed by atoms with E-state index in [0.717, 1.165) is 0 Å². The minimum Gasteiger partial charge on any atom is -0.444 e. The maximum Gasteiger partial charge on any atom is 0.410 e. The fraction of sp³-hybridized carbons (Fsp3) is 0.615. The lowest BCUT2D eigenvalue weighted by molar-refractivity contribution is -0.000411. The minimum atomic E-state index is -0.477. The number of carbonyl (C=O) groups excluding carboxylic acids is 2. The fourth-order valence-electron chi connectivity index (χ4n) is 1.82. The molecular formula is C13H19N3O3. The van der Waals surface area contributed by atoms with E-state index in [-0.39, 0.29) is 17.9 Å². The van der Waals surface area contributed by atoms with Crippen LogP contribution >= 0.6 is 0 Å². The van der Waals surface area contributed by atoms with Gasteiger partial charge in [0.15, 0.2) is 5.78 Å². The van der Waals surface area contributed by atoms with Gasteiger partial charge in [-0.15, -0.1) is 0 Å². The molecule has 2 heterocycles. The molecule has 0 aromatic carbocycles. The number of likely N-dealkylation sites (tertiary alicyclic amines) is 1. The second-order valence-corrected chi connectivity index (χ2v) is 5.80. The highest BCUT2D eigenvalue weighted by atomic mass is 16.6. The highest BCUT2D eigenvalue weighted by molar-refractivity contribution is 5.93. The summed E-state index contributed by atoms with van der Waals surface area (Å²) in [5, 5.41) is 4.14. The van der Waals surface area contributed by atoms with Gasteiger partial charge in [0.1, 0.15) is 5.60 Å². The molecule has 104 valence electrons. The molecule has 1 aromatic heterocycles. The molecule has 0 spiro atoms. The van der Waals surface area contributed by atoms with Crippen molar-refractivity contribution in [1.82, 2.24) is 14.7 Å². The molecule has 1 amide bonds. The molecule has 0 radical (unpaired) electrons. The van der Waals surface area contributed by atoms with Crippen molar-refractivity contribution < 1.29 is 14.3 Å². The van der Waals surface area contributed by atoms with Crippen LogP contribution in [0.5, 0.6) is 0 Å². The Bertz CT molecular complexity index is 495. The molecule has 1 aliphatic rings. The molecular weight excluding hydrogens is 246 g/mol. The quantitative estimate of drug-likeness (QED) is 0.766. The van der Waals surface area contributed by atoms with E-state index in [2.05, 4.69) is 5.10 Å². The Morgan fingerprint density at radius 3 is 2.47 bits per heavy atom. The van der Waals surface area contributed by atoms with E-state index in [1.807, 2.05) is 20.8 Å². The van der Waals surface area contributed by atoms with Crippen LogP contribution in [-0.4, -0.2) is 45.2 Å². The summed E-state index contributed by atoms with van der Waals surface area (Å²) in [4.78, 5) is 24.6. The van der Waals surface area contributed by atoms with E-state index in [4.69, 9.17) is 4.74 Å². The molecule has 0 bridgehead atoms. The monoisotopic (exact) mass is 265 g/mol. The Morgan fingerprint density at radius 2 is 2.00 bits per heavy atom. The zero-order valence-electron chi connectivity index (χ0n) is 11.7. The van der Waals surface area contributed by atoms with Crippen molar-refractivity contribution in [2.45, 2.75) is 39.3 Å². The van der Waals surface area contributed by atoms with E-state index in [1.54, 1.807) is 22.0 Å². The number of Topliss-reactive ketones (excluding diaryl/α,β-unsaturated/α-hetero) is 1. The summed E-state index contributed by atoms with van der Waals surface area (Å²) in [6.45, 7) is 8.16. The average molecular weight is 265 g/mol. The van der Waals surface area contributed by atoms with Crippen molar-refractivity contribution in [1.29, 1.82) is 0 Å². The van der Waals surface area contributed by atoms with Crippen LogP contribution in [0.25, 0.3) is 0 Å². The third-order valence-corrected chi connectivity index (χ3v) is 2.90. The molecule has 1 aliphatic heterocycles. The Balaban J connectivity index is 1.89. The number of hydrogen-bond acceptors (Lipinski definition) is 4. The Hall–Kier alpha value is -1.85. The SMILES string of the molecule is CC(=O)c1cnn(C2CN(C(=O)OC(C)(C)C)C2)c1. The van der Waals surface area contributed by atoms with E-state index >= 15 is 0 Å². The lowest BCUT2D eigenvalue weighted by Gasteiger charge is -2.39. The Morgan fingerprint density at radius 1 is 1.37 bits per heavy atom. The molecule has 0 atom stereocenters. The third kappa shape index (κ3) is 3.13. The summed E-state index contributed by atoms with van der Waals surface area (Å²) < 4.78 is 7.01. The van der Waals surface area contributed by atoms with Gasteiger partial charge in [-0.3, -0.25) is 9.48 Å². The molecule has 2 rings (SSSR count). The standard InChI is InChI=1S/C13H19N3O3/c1-9(17)10-5-14-16(6-10)11-7-15(8-11)12(18)19-13(2,3)4/h5-6,11H,7-8H2,1-4H3. The Kier molecular flexibility index (Phi) is 3.34. The smallest absolute Gasteiger partial charge is 0.410 e. The summed E-state index contributed by atoms with van der Waals surface area (Å²) in [7, 11) is 0. The van der Waals surface area contributed by atoms with Gasteiger partial charge in [0.05, 0.1) is 17.8 Å². The first-order valence-corrected chi connectivity index (χ1v) is 6.29. The van der Waals surface area contributed by atoms with Gasteiger partial charge in [-0.05, 0) is 27.7 Å². The van der Waals surface area contributed by atoms with Crippen LogP contribution in [-0.2, 0) is 4.74 Å². The molecule has 19 heavy (non-hydrogen) atoms. The number of aromatic nitrogens is 2. The molecule has 1 fully saturated rings. The van der Waals surface area contributed by atoms with E-state index in [0.29, 0.717) is 18.7 Å².